The number of nitrogens with zero attached hydrogens (tertiary/aromatic N) is 2. The second-order valence-corrected chi connectivity index (χ2v) is 3.96. The third-order valence-corrected chi connectivity index (χ3v) is 2.44. The lowest BCUT2D eigenvalue weighted by molar-refractivity contribution is -0.141. The maximum absolute atomic E-state index is 10.7. The normalized spacial score (nSPS) is 10.4. The molecule has 1 aromatic rings. The van der Waals surface area contributed by atoms with Crippen molar-refractivity contribution in [2.45, 2.75) is 0 Å². The predicted molar refractivity (Wildman–Crippen MR) is 74.0 cm³/mol. The molecule has 114 valence electrons. The first-order valence-electron chi connectivity index (χ1n) is 5.90. The van der Waals surface area contributed by atoms with Crippen LogP contribution in [0.2, 0.25) is 0 Å². The van der Waals surface area contributed by atoms with Gasteiger partial charge in [0.1, 0.15) is 24.6 Å². The minimum Gasteiger partial charge on any atom is -0.497 e. The Morgan fingerprint density at radius 2 is 1.81 bits per heavy atom. The first kappa shape index (κ1) is 16.3. The summed E-state index contributed by atoms with van der Waals surface area (Å²) < 4.78 is 10.2. The lowest BCUT2D eigenvalue weighted by atomic mass is 10.2. The van der Waals surface area contributed by atoms with E-state index in [1.165, 1.54) is 20.4 Å². The topological polar surface area (TPSA) is 109 Å². The molecule has 0 fully saturated rings. The number of hydrazone groups is 1. The average Bonchev–Trinajstić information content (AvgIpc) is 2.43. The van der Waals surface area contributed by atoms with E-state index in [4.69, 9.17) is 19.7 Å². The first-order valence-corrected chi connectivity index (χ1v) is 5.90. The summed E-state index contributed by atoms with van der Waals surface area (Å²) in [4.78, 5) is 21.3. The fourth-order valence-electron chi connectivity index (χ4n) is 1.52. The Morgan fingerprint density at radius 3 is 2.29 bits per heavy atom. The Balaban J connectivity index is 2.94. The van der Waals surface area contributed by atoms with Crippen molar-refractivity contribution in [1.29, 1.82) is 0 Å². The molecule has 0 aliphatic heterocycles. The molecule has 1 rings (SSSR count). The van der Waals surface area contributed by atoms with Gasteiger partial charge in [-0.05, 0) is 12.1 Å². The van der Waals surface area contributed by atoms with Crippen molar-refractivity contribution in [3.05, 3.63) is 23.8 Å². The highest BCUT2D eigenvalue weighted by molar-refractivity contribution is 5.84. The van der Waals surface area contributed by atoms with Gasteiger partial charge in [0, 0.05) is 11.6 Å². The summed E-state index contributed by atoms with van der Waals surface area (Å²) in [6.45, 7) is -1.03. The first-order chi connectivity index (χ1) is 9.96. The lowest BCUT2D eigenvalue weighted by Crippen LogP contribution is -2.30. The quantitative estimate of drug-likeness (QED) is 0.531. The number of carboxylic acids is 2. The monoisotopic (exact) mass is 296 g/mol. The van der Waals surface area contributed by atoms with E-state index in [9.17, 15) is 9.59 Å². The molecular weight excluding hydrogens is 280 g/mol. The maximum Gasteiger partial charge on any atom is 0.324 e. The number of aliphatic carboxylic acids is 2. The van der Waals surface area contributed by atoms with Gasteiger partial charge in [-0.15, -0.1) is 0 Å². The smallest absolute Gasteiger partial charge is 0.324 e. The van der Waals surface area contributed by atoms with Gasteiger partial charge in [0.2, 0.25) is 0 Å². The van der Waals surface area contributed by atoms with Crippen molar-refractivity contribution < 1.29 is 29.3 Å². The zero-order chi connectivity index (χ0) is 15.8. The van der Waals surface area contributed by atoms with E-state index in [0.717, 1.165) is 5.01 Å². The van der Waals surface area contributed by atoms with E-state index in [-0.39, 0.29) is 0 Å². The van der Waals surface area contributed by atoms with Crippen molar-refractivity contribution in [2.75, 3.05) is 27.3 Å². The van der Waals surface area contributed by atoms with Crippen LogP contribution in [0.25, 0.3) is 0 Å². The Morgan fingerprint density at radius 1 is 1.19 bits per heavy atom. The average molecular weight is 296 g/mol. The van der Waals surface area contributed by atoms with Crippen LogP contribution in [-0.4, -0.2) is 60.7 Å². The number of carbonyl (C=O) groups is 2. The van der Waals surface area contributed by atoms with E-state index in [1.807, 2.05) is 0 Å². The van der Waals surface area contributed by atoms with Crippen LogP contribution in [0.3, 0.4) is 0 Å². The van der Waals surface area contributed by atoms with Crippen molar-refractivity contribution in [1.82, 2.24) is 5.01 Å². The summed E-state index contributed by atoms with van der Waals surface area (Å²) in [5, 5.41) is 22.2. The molecule has 0 unspecified atom stereocenters. The number of methoxy groups -OCH3 is 2. The lowest BCUT2D eigenvalue weighted by Gasteiger charge is -2.14. The minimum atomic E-state index is -1.17. The van der Waals surface area contributed by atoms with Crippen molar-refractivity contribution in [3.8, 4) is 11.5 Å². The Kier molecular flexibility index (Phi) is 5.99. The number of hydrogen-bond acceptors (Lipinski definition) is 6. The molecule has 0 amide bonds. The van der Waals surface area contributed by atoms with Gasteiger partial charge in [0.05, 0.1) is 20.4 Å². The molecule has 0 atom stereocenters. The van der Waals surface area contributed by atoms with E-state index < -0.39 is 25.0 Å². The molecule has 0 aliphatic carbocycles. The van der Waals surface area contributed by atoms with Gasteiger partial charge in [-0.25, -0.2) is 0 Å². The maximum atomic E-state index is 10.7. The van der Waals surface area contributed by atoms with Crippen molar-refractivity contribution >= 4 is 18.2 Å². The third-order valence-electron chi connectivity index (χ3n) is 2.44. The Labute approximate surface area is 121 Å². The molecule has 0 spiro atoms. The van der Waals surface area contributed by atoms with Gasteiger partial charge in [-0.3, -0.25) is 14.6 Å². The van der Waals surface area contributed by atoms with Crippen LogP contribution in [0, 0.1) is 0 Å². The van der Waals surface area contributed by atoms with E-state index in [0.29, 0.717) is 17.1 Å². The predicted octanol–water partition coefficient (Wildman–Crippen LogP) is 0.509. The van der Waals surface area contributed by atoms with E-state index in [1.54, 1.807) is 18.2 Å². The molecule has 0 bridgehead atoms. The van der Waals surface area contributed by atoms with Gasteiger partial charge in [0.25, 0.3) is 0 Å². The zero-order valence-electron chi connectivity index (χ0n) is 11.6. The second kappa shape index (κ2) is 7.73. The molecule has 0 saturated carbocycles. The Bertz CT molecular complexity index is 527. The molecule has 0 heterocycles. The summed E-state index contributed by atoms with van der Waals surface area (Å²) in [6, 6.07) is 4.99. The van der Waals surface area contributed by atoms with Gasteiger partial charge < -0.3 is 19.7 Å². The molecule has 8 heteroatoms. The standard InChI is InChI=1S/C13H16N2O6/c1-20-10-4-3-9(11(5-10)21-2)6-14-15(7-12(16)17)8-13(18)19/h3-6H,7-8H2,1-2H3,(H,16,17)(H,18,19)/b14-6-. The van der Waals surface area contributed by atoms with Crippen LogP contribution < -0.4 is 9.47 Å². The van der Waals surface area contributed by atoms with Gasteiger partial charge in [-0.2, -0.15) is 5.10 Å². The Hall–Kier alpha value is -2.77. The molecule has 0 radical (unpaired) electrons. The fourth-order valence-corrected chi connectivity index (χ4v) is 1.52. The number of benzene rings is 1. The van der Waals surface area contributed by atoms with Crippen LogP contribution >= 0.6 is 0 Å². The number of carboxylic acid groups (broad SMARTS) is 2. The molecule has 8 nitrogen and oxygen atoms in total. The third kappa shape index (κ3) is 5.39. The molecular formula is C13H16N2O6. The SMILES string of the molecule is COc1ccc(/C=N\N(CC(=O)O)CC(=O)O)c(OC)c1. The number of rotatable bonds is 8. The van der Waals surface area contributed by atoms with Crippen LogP contribution in [0.4, 0.5) is 0 Å². The van der Waals surface area contributed by atoms with E-state index >= 15 is 0 Å². The van der Waals surface area contributed by atoms with Gasteiger partial charge in [-0.1, -0.05) is 0 Å². The van der Waals surface area contributed by atoms with Crippen LogP contribution in [-0.2, 0) is 9.59 Å². The highest BCUT2D eigenvalue weighted by Gasteiger charge is 2.11. The number of ether oxygens (including phenoxy) is 2. The zero-order valence-corrected chi connectivity index (χ0v) is 11.6. The summed E-state index contributed by atoms with van der Waals surface area (Å²) in [5.74, 6) is -1.27. The fraction of sp³-hybridized carbons (Fsp3) is 0.308. The molecule has 0 aliphatic rings. The minimum absolute atomic E-state index is 0.476. The second-order valence-electron chi connectivity index (χ2n) is 3.96. The molecule has 2 N–H and O–H groups in total. The van der Waals surface area contributed by atoms with Crippen LogP contribution in [0.15, 0.2) is 23.3 Å². The highest BCUT2D eigenvalue weighted by Crippen LogP contribution is 2.23. The number of hydrogen-bond donors (Lipinski definition) is 2. The van der Waals surface area contributed by atoms with Crippen LogP contribution in [0.1, 0.15) is 5.56 Å². The summed E-state index contributed by atoms with van der Waals surface area (Å²) >= 11 is 0. The van der Waals surface area contributed by atoms with Gasteiger partial charge >= 0.3 is 11.9 Å². The van der Waals surface area contributed by atoms with Crippen LogP contribution in [0.5, 0.6) is 11.5 Å². The largest absolute Gasteiger partial charge is 0.497 e. The van der Waals surface area contributed by atoms with Gasteiger partial charge in [0.15, 0.2) is 0 Å². The van der Waals surface area contributed by atoms with E-state index in [2.05, 4.69) is 5.10 Å². The van der Waals surface area contributed by atoms with Crippen molar-refractivity contribution in [2.24, 2.45) is 5.10 Å². The van der Waals surface area contributed by atoms with Crippen molar-refractivity contribution in [3.63, 3.8) is 0 Å². The molecule has 0 saturated heterocycles. The highest BCUT2D eigenvalue weighted by atomic mass is 16.5. The molecule has 0 aromatic heterocycles. The summed E-state index contributed by atoms with van der Waals surface area (Å²) in [5.41, 5.74) is 0.569. The summed E-state index contributed by atoms with van der Waals surface area (Å²) in [6.07, 6.45) is 1.34. The molecule has 1 aromatic carbocycles. The summed E-state index contributed by atoms with van der Waals surface area (Å²) in [7, 11) is 2.99. The molecule has 21 heavy (non-hydrogen) atoms.